The quantitative estimate of drug-likeness (QED) is 0.702. The van der Waals surface area contributed by atoms with Gasteiger partial charge in [0.25, 0.3) is 0 Å². The fraction of sp³-hybridized carbons (Fsp3) is 0.667. The molecule has 4 rings (SSSR count). The van der Waals surface area contributed by atoms with Gasteiger partial charge in [-0.25, -0.2) is 14.6 Å². The van der Waals surface area contributed by atoms with Crippen LogP contribution in [0.4, 0.5) is 4.79 Å². The van der Waals surface area contributed by atoms with Gasteiger partial charge in [0.15, 0.2) is 0 Å². The van der Waals surface area contributed by atoms with Crippen LogP contribution in [0, 0.1) is 0 Å². The van der Waals surface area contributed by atoms with E-state index in [0.29, 0.717) is 25.4 Å². The predicted octanol–water partition coefficient (Wildman–Crippen LogP) is 2.00. The largest absolute Gasteiger partial charge is 0.485 e. The summed E-state index contributed by atoms with van der Waals surface area (Å²) in [6.45, 7) is 7.00. The van der Waals surface area contributed by atoms with Crippen molar-refractivity contribution < 1.29 is 19.1 Å². The maximum Gasteiger partial charge on any atom is 0.356 e. The molecule has 1 saturated carbocycles. The van der Waals surface area contributed by atoms with Crippen LogP contribution in [0.3, 0.4) is 0 Å². The SMILES string of the molecule is CCOC(=O)c1ccc(OC2CN(C(=O)N3CCCN(C4CCC4)CC3)C2)cn1. The first kappa shape index (κ1) is 19.9. The topological polar surface area (TPSA) is 75.2 Å². The van der Waals surface area contributed by atoms with E-state index in [9.17, 15) is 9.59 Å². The molecule has 0 unspecified atom stereocenters. The number of amides is 2. The number of rotatable bonds is 5. The first-order valence-corrected chi connectivity index (χ1v) is 10.7. The molecule has 3 aliphatic rings. The van der Waals surface area contributed by atoms with Crippen LogP contribution < -0.4 is 4.74 Å². The Bertz CT molecular complexity index is 716. The van der Waals surface area contributed by atoms with E-state index in [2.05, 4.69) is 9.88 Å². The van der Waals surface area contributed by atoms with Crippen LogP contribution in [0.5, 0.6) is 5.75 Å². The second-order valence-corrected chi connectivity index (χ2v) is 7.99. The standard InChI is InChI=1S/C21H30N4O4/c1-2-28-20(26)19-8-7-17(13-22-19)29-18-14-25(15-18)21(27)24-10-4-9-23(11-12-24)16-5-3-6-16/h7-8,13,16,18H,2-6,9-12,14-15H2,1H3. The molecule has 0 bridgehead atoms. The molecule has 1 aliphatic carbocycles. The number of ether oxygens (including phenoxy) is 2. The van der Waals surface area contributed by atoms with Gasteiger partial charge < -0.3 is 19.3 Å². The van der Waals surface area contributed by atoms with Gasteiger partial charge in [-0.1, -0.05) is 6.42 Å². The Morgan fingerprint density at radius 2 is 1.90 bits per heavy atom. The lowest BCUT2D eigenvalue weighted by Crippen LogP contribution is -2.60. The van der Waals surface area contributed by atoms with E-state index in [0.717, 1.165) is 38.6 Å². The minimum Gasteiger partial charge on any atom is -0.485 e. The van der Waals surface area contributed by atoms with Crippen molar-refractivity contribution in [2.45, 2.75) is 44.8 Å². The van der Waals surface area contributed by atoms with Gasteiger partial charge in [0.1, 0.15) is 17.5 Å². The molecular weight excluding hydrogens is 372 g/mol. The molecule has 3 fully saturated rings. The first-order valence-electron chi connectivity index (χ1n) is 10.7. The maximum atomic E-state index is 12.8. The summed E-state index contributed by atoms with van der Waals surface area (Å²) in [6.07, 6.45) is 6.52. The molecule has 0 N–H and O–H groups in total. The minimum atomic E-state index is -0.437. The van der Waals surface area contributed by atoms with E-state index in [1.54, 1.807) is 19.1 Å². The normalized spacial score (nSPS) is 21.1. The van der Waals surface area contributed by atoms with Gasteiger partial charge in [0.05, 0.1) is 25.9 Å². The van der Waals surface area contributed by atoms with E-state index in [4.69, 9.17) is 9.47 Å². The number of urea groups is 1. The summed E-state index contributed by atoms with van der Waals surface area (Å²) in [5, 5.41) is 0. The summed E-state index contributed by atoms with van der Waals surface area (Å²) < 4.78 is 10.8. The van der Waals surface area contributed by atoms with E-state index in [-0.39, 0.29) is 17.8 Å². The Hall–Kier alpha value is -2.35. The summed E-state index contributed by atoms with van der Waals surface area (Å²) in [7, 11) is 0. The highest BCUT2D eigenvalue weighted by atomic mass is 16.5. The van der Waals surface area contributed by atoms with Gasteiger partial charge in [0, 0.05) is 32.2 Å². The van der Waals surface area contributed by atoms with E-state index >= 15 is 0 Å². The van der Waals surface area contributed by atoms with E-state index in [1.165, 1.54) is 25.5 Å². The Kier molecular flexibility index (Phi) is 6.18. The number of pyridine rings is 1. The summed E-state index contributed by atoms with van der Waals surface area (Å²) in [5.41, 5.74) is 0.265. The van der Waals surface area contributed by atoms with Crippen molar-refractivity contribution in [2.75, 3.05) is 45.9 Å². The van der Waals surface area contributed by atoms with Gasteiger partial charge >= 0.3 is 12.0 Å². The Balaban J connectivity index is 1.21. The highest BCUT2D eigenvalue weighted by molar-refractivity contribution is 5.87. The van der Waals surface area contributed by atoms with Crippen LogP contribution in [0.15, 0.2) is 18.3 Å². The average molecular weight is 402 g/mol. The third-order valence-corrected chi connectivity index (χ3v) is 6.03. The van der Waals surface area contributed by atoms with Crippen molar-refractivity contribution in [3.63, 3.8) is 0 Å². The molecule has 0 radical (unpaired) electrons. The molecular formula is C21H30N4O4. The molecule has 8 nitrogen and oxygen atoms in total. The number of hydrogen-bond donors (Lipinski definition) is 0. The second-order valence-electron chi connectivity index (χ2n) is 7.99. The van der Waals surface area contributed by atoms with Gasteiger partial charge in [0.2, 0.25) is 0 Å². The Morgan fingerprint density at radius 1 is 1.07 bits per heavy atom. The van der Waals surface area contributed by atoms with Crippen LogP contribution in [-0.4, -0.2) is 89.7 Å². The van der Waals surface area contributed by atoms with Crippen LogP contribution >= 0.6 is 0 Å². The number of likely N-dealkylation sites (tertiary alicyclic amines) is 1. The molecule has 0 spiro atoms. The zero-order valence-corrected chi connectivity index (χ0v) is 17.1. The number of esters is 1. The number of carbonyl (C=O) groups is 2. The number of hydrogen-bond acceptors (Lipinski definition) is 6. The van der Waals surface area contributed by atoms with Gasteiger partial charge in [-0.3, -0.25) is 4.90 Å². The molecule has 0 atom stereocenters. The highest BCUT2D eigenvalue weighted by Crippen LogP contribution is 2.26. The van der Waals surface area contributed by atoms with Crippen molar-refractivity contribution in [1.82, 2.24) is 19.7 Å². The fourth-order valence-corrected chi connectivity index (χ4v) is 4.08. The molecule has 3 heterocycles. The van der Waals surface area contributed by atoms with Crippen molar-refractivity contribution in [2.24, 2.45) is 0 Å². The molecule has 1 aromatic rings. The van der Waals surface area contributed by atoms with Gasteiger partial charge in [-0.2, -0.15) is 0 Å². The third-order valence-electron chi connectivity index (χ3n) is 6.03. The van der Waals surface area contributed by atoms with E-state index < -0.39 is 5.97 Å². The molecule has 2 saturated heterocycles. The summed E-state index contributed by atoms with van der Waals surface area (Å²) in [4.78, 5) is 34.9. The van der Waals surface area contributed by atoms with Crippen molar-refractivity contribution in [1.29, 1.82) is 0 Å². The lowest BCUT2D eigenvalue weighted by molar-refractivity contribution is 0.0305. The fourth-order valence-electron chi connectivity index (χ4n) is 4.08. The minimum absolute atomic E-state index is 0.0346. The Morgan fingerprint density at radius 3 is 2.55 bits per heavy atom. The monoisotopic (exact) mass is 402 g/mol. The lowest BCUT2D eigenvalue weighted by Gasteiger charge is -2.41. The van der Waals surface area contributed by atoms with Crippen molar-refractivity contribution in [3.05, 3.63) is 24.0 Å². The molecule has 158 valence electrons. The van der Waals surface area contributed by atoms with E-state index in [1.807, 2.05) is 9.80 Å². The van der Waals surface area contributed by atoms with Crippen molar-refractivity contribution >= 4 is 12.0 Å². The average Bonchev–Trinajstić information content (AvgIpc) is 2.89. The summed E-state index contributed by atoms with van der Waals surface area (Å²) in [6, 6.07) is 4.18. The molecule has 1 aromatic heterocycles. The zero-order chi connectivity index (χ0) is 20.2. The van der Waals surface area contributed by atoms with Crippen LogP contribution in [0.1, 0.15) is 43.1 Å². The number of nitrogens with zero attached hydrogens (tertiary/aromatic N) is 4. The molecule has 8 heteroatoms. The number of carbonyl (C=O) groups excluding carboxylic acids is 2. The molecule has 2 aliphatic heterocycles. The van der Waals surface area contributed by atoms with Gasteiger partial charge in [-0.15, -0.1) is 0 Å². The zero-order valence-electron chi connectivity index (χ0n) is 17.1. The Labute approximate surface area is 171 Å². The van der Waals surface area contributed by atoms with Crippen LogP contribution in [0.2, 0.25) is 0 Å². The summed E-state index contributed by atoms with van der Waals surface area (Å²) in [5.74, 6) is 0.161. The number of aromatic nitrogens is 1. The molecule has 0 aromatic carbocycles. The molecule has 29 heavy (non-hydrogen) atoms. The third kappa shape index (κ3) is 4.63. The predicted molar refractivity (Wildman–Crippen MR) is 107 cm³/mol. The smallest absolute Gasteiger partial charge is 0.356 e. The maximum absolute atomic E-state index is 12.8. The van der Waals surface area contributed by atoms with Gasteiger partial charge in [-0.05, 0) is 38.3 Å². The van der Waals surface area contributed by atoms with Crippen molar-refractivity contribution in [3.8, 4) is 5.75 Å². The van der Waals surface area contributed by atoms with Crippen LogP contribution in [0.25, 0.3) is 0 Å². The molecule has 2 amide bonds. The lowest BCUT2D eigenvalue weighted by atomic mass is 9.91. The second kappa shape index (κ2) is 8.98. The first-order chi connectivity index (χ1) is 14.1. The summed E-state index contributed by atoms with van der Waals surface area (Å²) >= 11 is 0. The van der Waals surface area contributed by atoms with Crippen LogP contribution in [-0.2, 0) is 4.74 Å². The highest BCUT2D eigenvalue weighted by Gasteiger charge is 2.36.